The van der Waals surface area contributed by atoms with Crippen molar-refractivity contribution in [2.24, 2.45) is 5.41 Å². The summed E-state index contributed by atoms with van der Waals surface area (Å²) in [5, 5.41) is 8.80. The maximum atomic E-state index is 10.7. The third-order valence-corrected chi connectivity index (χ3v) is 3.56. The number of carboxylic acid groups (broad SMARTS) is 1. The minimum absolute atomic E-state index is 0.139. The zero-order chi connectivity index (χ0) is 16.4. The molecule has 0 aliphatic heterocycles. The molecule has 0 heterocycles. The van der Waals surface area contributed by atoms with Crippen LogP contribution >= 0.6 is 0 Å². The van der Waals surface area contributed by atoms with Crippen LogP contribution in [0.3, 0.4) is 0 Å². The van der Waals surface area contributed by atoms with Crippen molar-refractivity contribution < 1.29 is 19.4 Å². The summed E-state index contributed by atoms with van der Waals surface area (Å²) in [7, 11) is 1.64. The van der Waals surface area contributed by atoms with Crippen molar-refractivity contribution in [2.75, 3.05) is 13.7 Å². The van der Waals surface area contributed by atoms with E-state index in [0.717, 1.165) is 28.9 Å². The SMILES string of the molecule is COc1c(C)c(OCC(=O)O)c(C)c(C)c1CC(C)(C)C. The van der Waals surface area contributed by atoms with Crippen molar-refractivity contribution in [3.05, 3.63) is 22.3 Å². The summed E-state index contributed by atoms with van der Waals surface area (Å²) in [4.78, 5) is 10.7. The average Bonchev–Trinajstić information content (AvgIpc) is 2.34. The van der Waals surface area contributed by atoms with Crippen molar-refractivity contribution >= 4 is 5.97 Å². The van der Waals surface area contributed by atoms with Crippen LogP contribution in [0.5, 0.6) is 11.5 Å². The molecule has 0 aliphatic carbocycles. The highest BCUT2D eigenvalue weighted by Crippen LogP contribution is 2.40. The van der Waals surface area contributed by atoms with Crippen LogP contribution in [0.1, 0.15) is 43.0 Å². The lowest BCUT2D eigenvalue weighted by atomic mass is 9.83. The van der Waals surface area contributed by atoms with Crippen LogP contribution in [0, 0.1) is 26.2 Å². The van der Waals surface area contributed by atoms with E-state index >= 15 is 0 Å². The van der Waals surface area contributed by atoms with Crippen molar-refractivity contribution in [3.8, 4) is 11.5 Å². The Kier molecular flexibility index (Phi) is 5.26. The molecule has 4 nitrogen and oxygen atoms in total. The highest BCUT2D eigenvalue weighted by molar-refractivity contribution is 5.69. The molecule has 0 bridgehead atoms. The van der Waals surface area contributed by atoms with Crippen molar-refractivity contribution in [2.45, 2.75) is 48.0 Å². The molecule has 0 atom stereocenters. The summed E-state index contributed by atoms with van der Waals surface area (Å²) >= 11 is 0. The molecule has 0 saturated carbocycles. The van der Waals surface area contributed by atoms with Crippen LogP contribution in [-0.4, -0.2) is 24.8 Å². The summed E-state index contributed by atoms with van der Waals surface area (Å²) in [6.45, 7) is 12.1. The van der Waals surface area contributed by atoms with E-state index in [2.05, 4.69) is 20.8 Å². The third kappa shape index (κ3) is 4.13. The van der Waals surface area contributed by atoms with Gasteiger partial charge in [-0.2, -0.15) is 0 Å². The number of hydrogen-bond donors (Lipinski definition) is 1. The van der Waals surface area contributed by atoms with Gasteiger partial charge in [-0.15, -0.1) is 0 Å². The van der Waals surface area contributed by atoms with Gasteiger partial charge >= 0.3 is 5.97 Å². The van der Waals surface area contributed by atoms with E-state index < -0.39 is 5.97 Å². The number of carbonyl (C=O) groups is 1. The van der Waals surface area contributed by atoms with Crippen molar-refractivity contribution in [3.63, 3.8) is 0 Å². The van der Waals surface area contributed by atoms with Crippen LogP contribution in [0.25, 0.3) is 0 Å². The van der Waals surface area contributed by atoms with Gasteiger partial charge in [-0.25, -0.2) is 4.79 Å². The summed E-state index contributed by atoms with van der Waals surface area (Å²) < 4.78 is 11.0. The summed E-state index contributed by atoms with van der Waals surface area (Å²) in [5.74, 6) is 0.432. The highest BCUT2D eigenvalue weighted by Gasteiger charge is 2.23. The Bertz CT molecular complexity index is 539. The van der Waals surface area contributed by atoms with E-state index in [9.17, 15) is 4.79 Å². The molecule has 1 N–H and O–H groups in total. The van der Waals surface area contributed by atoms with Gasteiger partial charge in [0.05, 0.1) is 7.11 Å². The molecule has 118 valence electrons. The van der Waals surface area contributed by atoms with E-state index in [-0.39, 0.29) is 12.0 Å². The Labute approximate surface area is 127 Å². The Balaban J connectivity index is 3.40. The summed E-state index contributed by atoms with van der Waals surface area (Å²) in [6.07, 6.45) is 0.892. The second kappa shape index (κ2) is 6.37. The number of benzene rings is 1. The molecule has 1 aromatic rings. The number of hydrogen-bond acceptors (Lipinski definition) is 3. The fraction of sp³-hybridized carbons (Fsp3) is 0.588. The van der Waals surface area contributed by atoms with Gasteiger partial charge in [-0.1, -0.05) is 20.8 Å². The van der Waals surface area contributed by atoms with Gasteiger partial charge in [-0.3, -0.25) is 0 Å². The van der Waals surface area contributed by atoms with Gasteiger partial charge in [0.2, 0.25) is 0 Å². The zero-order valence-electron chi connectivity index (χ0n) is 14.1. The van der Waals surface area contributed by atoms with Gasteiger partial charge in [-0.05, 0) is 49.3 Å². The van der Waals surface area contributed by atoms with E-state index in [4.69, 9.17) is 14.6 Å². The predicted octanol–water partition coefficient (Wildman–Crippen LogP) is 3.67. The van der Waals surface area contributed by atoms with Crippen LogP contribution in [-0.2, 0) is 11.2 Å². The quantitative estimate of drug-likeness (QED) is 0.900. The molecule has 4 heteroatoms. The van der Waals surface area contributed by atoms with Crippen LogP contribution in [0.15, 0.2) is 0 Å². The lowest BCUT2D eigenvalue weighted by Crippen LogP contribution is -2.15. The molecular formula is C17H26O4. The molecule has 1 rings (SSSR count). The van der Waals surface area contributed by atoms with Gasteiger partial charge < -0.3 is 14.6 Å². The molecule has 21 heavy (non-hydrogen) atoms. The second-order valence-electron chi connectivity index (χ2n) is 6.64. The number of rotatable bonds is 5. The summed E-state index contributed by atoms with van der Waals surface area (Å²) in [5.41, 5.74) is 4.26. The van der Waals surface area contributed by atoms with E-state index in [1.54, 1.807) is 7.11 Å². The van der Waals surface area contributed by atoms with Crippen molar-refractivity contribution in [1.29, 1.82) is 0 Å². The topological polar surface area (TPSA) is 55.8 Å². The molecule has 0 unspecified atom stereocenters. The van der Waals surface area contributed by atoms with E-state index in [1.165, 1.54) is 5.56 Å². The molecule has 0 fully saturated rings. The minimum Gasteiger partial charge on any atom is -0.496 e. The number of carboxylic acids is 1. The fourth-order valence-corrected chi connectivity index (χ4v) is 2.55. The molecule has 0 aliphatic rings. The van der Waals surface area contributed by atoms with Gasteiger partial charge in [0.1, 0.15) is 11.5 Å². The van der Waals surface area contributed by atoms with Crippen LogP contribution < -0.4 is 9.47 Å². The molecule has 0 saturated heterocycles. The first-order valence-electron chi connectivity index (χ1n) is 7.09. The maximum absolute atomic E-state index is 10.7. The predicted molar refractivity (Wildman–Crippen MR) is 83.5 cm³/mol. The Morgan fingerprint density at radius 3 is 2.05 bits per heavy atom. The molecule has 0 spiro atoms. The highest BCUT2D eigenvalue weighted by atomic mass is 16.5. The lowest BCUT2D eigenvalue weighted by molar-refractivity contribution is -0.139. The Morgan fingerprint density at radius 2 is 1.62 bits per heavy atom. The smallest absolute Gasteiger partial charge is 0.341 e. The summed E-state index contributed by atoms with van der Waals surface area (Å²) in [6, 6.07) is 0. The monoisotopic (exact) mass is 294 g/mol. The first kappa shape index (κ1) is 17.3. The van der Waals surface area contributed by atoms with Gasteiger partial charge in [0, 0.05) is 5.56 Å². The zero-order valence-corrected chi connectivity index (χ0v) is 14.1. The number of methoxy groups -OCH3 is 1. The van der Waals surface area contributed by atoms with Gasteiger partial charge in [0.15, 0.2) is 6.61 Å². The minimum atomic E-state index is -0.982. The van der Waals surface area contributed by atoms with Crippen LogP contribution in [0.2, 0.25) is 0 Å². The second-order valence-corrected chi connectivity index (χ2v) is 6.64. The Morgan fingerprint density at radius 1 is 1.05 bits per heavy atom. The van der Waals surface area contributed by atoms with Gasteiger partial charge in [0.25, 0.3) is 0 Å². The van der Waals surface area contributed by atoms with Crippen molar-refractivity contribution in [1.82, 2.24) is 0 Å². The van der Waals surface area contributed by atoms with E-state index in [1.807, 2.05) is 20.8 Å². The first-order chi connectivity index (χ1) is 9.58. The average molecular weight is 294 g/mol. The molecular weight excluding hydrogens is 268 g/mol. The fourth-order valence-electron chi connectivity index (χ4n) is 2.55. The maximum Gasteiger partial charge on any atom is 0.341 e. The normalized spacial score (nSPS) is 11.4. The Hall–Kier alpha value is -1.71. The number of ether oxygens (including phenoxy) is 2. The molecule has 1 aromatic carbocycles. The lowest BCUT2D eigenvalue weighted by Gasteiger charge is -2.25. The molecule has 0 amide bonds. The number of aliphatic carboxylic acids is 1. The molecule has 0 aromatic heterocycles. The standard InChI is InChI=1S/C17H26O4/c1-10-11(2)15(21-9-14(18)19)12(3)16(20-7)13(10)8-17(4,5)6/h8-9H2,1-7H3,(H,18,19). The third-order valence-electron chi connectivity index (χ3n) is 3.56. The largest absolute Gasteiger partial charge is 0.496 e. The molecule has 0 radical (unpaired) electrons. The first-order valence-corrected chi connectivity index (χ1v) is 7.09. The van der Waals surface area contributed by atoms with Crippen LogP contribution in [0.4, 0.5) is 0 Å². The van der Waals surface area contributed by atoms with E-state index in [0.29, 0.717) is 5.75 Å².